The number of hydrogen-bond donors (Lipinski definition) is 2. The molecule has 6 atom stereocenters. The van der Waals surface area contributed by atoms with Crippen molar-refractivity contribution < 1.29 is 41.0 Å². The van der Waals surface area contributed by atoms with Gasteiger partial charge in [-0.15, -0.1) is 0 Å². The molecule has 95 heavy (non-hydrogen) atoms. The molecule has 2 amide bonds. The fourth-order valence-corrected chi connectivity index (χ4v) is 33.8. The minimum Gasteiger partial charge on any atom is -0.463 e. The van der Waals surface area contributed by atoms with Gasteiger partial charge in [0.2, 0.25) is 22.5 Å². The van der Waals surface area contributed by atoms with Crippen LogP contribution in [-0.4, -0.2) is 81.6 Å². The van der Waals surface area contributed by atoms with Crippen molar-refractivity contribution in [3.05, 3.63) is 0 Å². The molecule has 0 aromatic heterocycles. The van der Waals surface area contributed by atoms with Crippen molar-refractivity contribution in [2.24, 2.45) is 17.8 Å². The zero-order chi connectivity index (χ0) is 70.9. The summed E-state index contributed by atoms with van der Waals surface area (Å²) in [4.78, 5) is 56.3. The van der Waals surface area contributed by atoms with Crippen LogP contribution in [0.25, 0.3) is 0 Å². The van der Waals surface area contributed by atoms with E-state index in [4.69, 9.17) is 21.8 Å². The van der Waals surface area contributed by atoms with Crippen molar-refractivity contribution in [2.45, 2.75) is 466 Å². The largest absolute Gasteiger partial charge is 0.463 e. The Morgan fingerprint density at radius 1 is 0.347 bits per heavy atom. The third-order valence-electron chi connectivity index (χ3n) is 20.5. The van der Waals surface area contributed by atoms with Crippen molar-refractivity contribution >= 4 is 57.5 Å². The summed E-state index contributed by atoms with van der Waals surface area (Å²) in [5.74, 6) is -0.703. The second-order valence-corrected chi connectivity index (χ2v) is 47.4. The average molecular weight is 1410 g/mol. The van der Waals surface area contributed by atoms with Crippen LogP contribution in [-0.2, 0) is 36.2 Å². The van der Waals surface area contributed by atoms with E-state index in [1.54, 1.807) is 0 Å². The molecule has 0 aliphatic rings. The molecule has 6 unspecified atom stereocenters. The van der Waals surface area contributed by atoms with Crippen molar-refractivity contribution in [1.29, 1.82) is 0 Å². The number of amides is 2. The zero-order valence-corrected chi connectivity index (χ0v) is 70.3. The monoisotopic (exact) mass is 1410 g/mol. The molecule has 0 aliphatic heterocycles. The second kappa shape index (κ2) is 60.2. The maximum absolute atomic E-state index is 14.3. The van der Waals surface area contributed by atoms with E-state index in [2.05, 4.69) is 118 Å². The fraction of sp³-hybridized carbons (Fsp3) is 0.950. The first-order valence-electron chi connectivity index (χ1n) is 41.5. The predicted molar refractivity (Wildman–Crippen MR) is 419 cm³/mol. The molecule has 0 fully saturated rings. The summed E-state index contributed by atoms with van der Waals surface area (Å²) >= 11 is 0. The number of carbonyl (C=O) groups is 4. The van der Waals surface area contributed by atoms with Crippen LogP contribution >= 0.6 is 0 Å². The highest BCUT2D eigenvalue weighted by atomic mass is 28.5. The van der Waals surface area contributed by atoms with Gasteiger partial charge in [0, 0.05) is 13.0 Å². The van der Waals surface area contributed by atoms with Crippen molar-refractivity contribution in [3.63, 3.8) is 0 Å². The van der Waals surface area contributed by atoms with Gasteiger partial charge in [0.15, 0.2) is 5.78 Å². The molecule has 0 rings (SSSR count). The van der Waals surface area contributed by atoms with Gasteiger partial charge in [0.25, 0.3) is 0 Å². The van der Waals surface area contributed by atoms with E-state index in [9.17, 15) is 19.2 Å². The lowest BCUT2D eigenvalue weighted by Gasteiger charge is -2.44. The molecule has 0 spiro atoms. The number of carbonyl (C=O) groups excluding carboxylic acids is 4. The lowest BCUT2D eigenvalue weighted by Crippen LogP contribution is -2.61. The summed E-state index contributed by atoms with van der Waals surface area (Å²) in [7, 11) is -11.6. The van der Waals surface area contributed by atoms with Gasteiger partial charge in [-0.25, -0.2) is 4.79 Å². The Bertz CT molecular complexity index is 1700. The lowest BCUT2D eigenvalue weighted by atomic mass is 9.88. The molecule has 0 saturated carbocycles. The Labute approximate surface area is 595 Å². The highest BCUT2D eigenvalue weighted by molar-refractivity contribution is 6.90. The number of nitrogens with one attached hydrogen (secondary N) is 2. The summed E-state index contributed by atoms with van der Waals surface area (Å²) in [5.41, 5.74) is -0.861. The van der Waals surface area contributed by atoms with Crippen molar-refractivity contribution in [1.82, 2.24) is 10.6 Å². The highest BCUT2D eigenvalue weighted by Gasteiger charge is 2.49. The molecule has 0 aromatic rings. The molecule has 0 radical (unpaired) electrons. The number of ether oxygens (including phenoxy) is 2. The second-order valence-electron chi connectivity index (χ2n) is 31.7. The van der Waals surface area contributed by atoms with E-state index >= 15 is 0 Å². The number of rotatable bonds is 70. The first-order valence-corrected chi connectivity index (χ1v) is 53.1. The van der Waals surface area contributed by atoms with Crippen LogP contribution in [0.5, 0.6) is 0 Å². The number of alkyl carbamates (subject to hydrolysis) is 1. The average Bonchev–Trinajstić information content (AvgIpc) is 0.813. The SMILES string of the molecule is CCCCCCCCCCCCCCCCCCCC(=O)C(NC(=O)OC(CCCCCCCCC)[Si](C)(C)O[Si](C)(C)O[Si](C)(C)O[Si](C)(C)C(CCCCCCCCC)OC(=O)CC(C(=O)NCCCCCCCCCCCCCCCCCC)C(C)CC)C(C)CC. The molecular weight excluding hydrogens is 1250 g/mol. The van der Waals surface area contributed by atoms with Crippen LogP contribution in [0, 0.1) is 17.8 Å². The van der Waals surface area contributed by atoms with E-state index in [0.29, 0.717) is 25.8 Å². The molecule has 0 aliphatic carbocycles. The normalized spacial score (nSPS) is 14.3. The lowest BCUT2D eigenvalue weighted by molar-refractivity contribution is -0.150. The van der Waals surface area contributed by atoms with Crippen LogP contribution in [0.4, 0.5) is 4.79 Å². The molecular formula is C80H164N2O9Si4. The molecule has 15 heteroatoms. The minimum absolute atomic E-state index is 0.0151. The number of unbranched alkanes of at least 4 members (excludes halogenated alkanes) is 43. The Kier molecular flexibility index (Phi) is 59.4. The van der Waals surface area contributed by atoms with E-state index in [1.807, 2.05) is 0 Å². The summed E-state index contributed by atoms with van der Waals surface area (Å²) in [6.07, 6.45) is 62.1. The number of esters is 1. The quantitative estimate of drug-likeness (QED) is 0.0346. The smallest absolute Gasteiger partial charge is 0.407 e. The summed E-state index contributed by atoms with van der Waals surface area (Å²) in [6, 6.07) is -0.595. The van der Waals surface area contributed by atoms with E-state index < -0.39 is 63.3 Å². The standard InChI is InChI=1S/C80H164N2O9Si4/c1-17-23-27-31-35-37-39-41-43-45-46-48-50-52-56-58-62-66-74(83)78(72(8)22-6)82-80(86)88-77(68-64-60-55-34-30-26-20-4)93(11,12)90-95(15,16)91-94(13,14)89-92(9,10)76(67-63-59-54-33-29-25-19-3)87-75(84)70-73(71(7)21-5)79(85)81-69-65-61-57-53-51-49-47-44-42-40-38-36-32-28-24-18-2/h71-73,76-78H,17-70H2,1-16H3,(H,81,85)(H,82,86). The third-order valence-corrected chi connectivity index (χ3v) is 36.5. The minimum atomic E-state index is -2.97. The van der Waals surface area contributed by atoms with Gasteiger partial charge in [-0.3, -0.25) is 14.4 Å². The topological polar surface area (TPSA) is 138 Å². The maximum Gasteiger partial charge on any atom is 0.407 e. The number of hydrogen-bond acceptors (Lipinski definition) is 9. The van der Waals surface area contributed by atoms with Gasteiger partial charge in [0.1, 0.15) is 11.5 Å². The Hall–Kier alpha value is -1.37. The third kappa shape index (κ3) is 52.3. The van der Waals surface area contributed by atoms with Gasteiger partial charge < -0.3 is 32.5 Å². The Balaban J connectivity index is 5.90. The van der Waals surface area contributed by atoms with Crippen LogP contribution in [0.15, 0.2) is 0 Å². The highest BCUT2D eigenvalue weighted by Crippen LogP contribution is 2.32. The molecule has 2 N–H and O–H groups in total. The molecule has 0 heterocycles. The summed E-state index contributed by atoms with van der Waals surface area (Å²) in [5, 5.41) is 6.33. The van der Waals surface area contributed by atoms with Gasteiger partial charge >= 0.3 is 29.2 Å². The Morgan fingerprint density at radius 2 is 0.642 bits per heavy atom. The first-order chi connectivity index (χ1) is 45.5. The van der Waals surface area contributed by atoms with Gasteiger partial charge in [-0.1, -0.05) is 344 Å². The summed E-state index contributed by atoms with van der Waals surface area (Å²) in [6.45, 7) is 35.0. The molecule has 0 saturated heterocycles. The van der Waals surface area contributed by atoms with Crippen LogP contribution in [0.2, 0.25) is 52.4 Å². The molecule has 11 nitrogen and oxygen atoms in total. The number of ketones is 1. The van der Waals surface area contributed by atoms with E-state index in [1.165, 1.54) is 231 Å². The van der Waals surface area contributed by atoms with Crippen LogP contribution < -0.4 is 10.6 Å². The van der Waals surface area contributed by atoms with E-state index in [-0.39, 0.29) is 35.9 Å². The molecule has 0 bridgehead atoms. The first kappa shape index (κ1) is 93.6. The van der Waals surface area contributed by atoms with Crippen molar-refractivity contribution in [2.75, 3.05) is 6.54 Å². The van der Waals surface area contributed by atoms with Crippen molar-refractivity contribution in [3.8, 4) is 0 Å². The zero-order valence-electron chi connectivity index (χ0n) is 66.3. The Morgan fingerprint density at radius 3 is 0.968 bits per heavy atom. The fourth-order valence-electron chi connectivity index (χ4n) is 14.2. The van der Waals surface area contributed by atoms with Gasteiger partial charge in [-0.05, 0) is 103 Å². The van der Waals surface area contributed by atoms with Crippen LogP contribution in [0.3, 0.4) is 0 Å². The van der Waals surface area contributed by atoms with Gasteiger partial charge in [0.05, 0.1) is 18.4 Å². The van der Waals surface area contributed by atoms with Gasteiger partial charge in [-0.2, -0.15) is 0 Å². The maximum atomic E-state index is 14.3. The van der Waals surface area contributed by atoms with E-state index in [0.717, 1.165) is 83.5 Å². The summed E-state index contributed by atoms with van der Waals surface area (Å²) < 4.78 is 34.9. The number of Topliss-reactive ketones (excluding diaryl/α,β-unsaturated/α-hetero) is 1. The molecule has 0 aromatic carbocycles. The molecule has 564 valence electrons. The predicted octanol–water partition coefficient (Wildman–Crippen LogP) is 25.7. The van der Waals surface area contributed by atoms with Crippen LogP contribution in [0.1, 0.15) is 396 Å².